The smallest absolute Gasteiger partial charge is 0.315 e. The monoisotopic (exact) mass is 563 g/mol. The number of rotatable bonds is 13. The van der Waals surface area contributed by atoms with Gasteiger partial charge in [-0.25, -0.2) is 8.42 Å². The highest BCUT2D eigenvalue weighted by Gasteiger charge is 2.42. The van der Waals surface area contributed by atoms with Gasteiger partial charge in [-0.1, -0.05) is 57.7 Å². The number of para-hydroxylation sites is 1. The third kappa shape index (κ3) is 7.70. The standard InChI is InChI=1S/C29H41NO4S3/c1-5-8-15-29(16-9-6-2)21-30(24-13-11-10-12-14-24)25-18-26(35-4)23(17-27(25)37(32,33)22-29)19-36-20-28(31)34-7-3/h10-14,17-18H,5-9,15-16,19-22H2,1-4H3. The Bertz CT molecular complexity index is 1130. The molecule has 1 aliphatic rings. The van der Waals surface area contributed by atoms with Crippen LogP contribution in [-0.2, 0) is 25.1 Å². The lowest BCUT2D eigenvalue weighted by atomic mass is 9.79. The van der Waals surface area contributed by atoms with Gasteiger partial charge in [-0.15, -0.1) is 23.5 Å². The molecule has 0 bridgehead atoms. The largest absolute Gasteiger partial charge is 0.465 e. The van der Waals surface area contributed by atoms with Crippen molar-refractivity contribution in [2.24, 2.45) is 5.41 Å². The number of esters is 1. The van der Waals surface area contributed by atoms with Gasteiger partial charge in [-0.2, -0.15) is 0 Å². The quantitative estimate of drug-likeness (QED) is 0.185. The van der Waals surface area contributed by atoms with Gasteiger partial charge >= 0.3 is 5.97 Å². The number of unbranched alkanes of at least 4 members (excludes halogenated alkanes) is 2. The van der Waals surface area contributed by atoms with Crippen LogP contribution in [0.1, 0.15) is 64.9 Å². The highest BCUT2D eigenvalue weighted by molar-refractivity contribution is 7.99. The highest BCUT2D eigenvalue weighted by Crippen LogP contribution is 2.46. The molecule has 0 unspecified atom stereocenters. The van der Waals surface area contributed by atoms with Crippen LogP contribution in [0.2, 0.25) is 0 Å². The molecule has 0 radical (unpaired) electrons. The van der Waals surface area contributed by atoms with E-state index in [1.807, 2.05) is 30.5 Å². The Kier molecular flexibility index (Phi) is 11.3. The lowest BCUT2D eigenvalue weighted by Crippen LogP contribution is -2.38. The molecule has 204 valence electrons. The lowest BCUT2D eigenvalue weighted by Gasteiger charge is -2.37. The normalized spacial score (nSPS) is 16.2. The van der Waals surface area contributed by atoms with Crippen molar-refractivity contribution in [3.8, 4) is 0 Å². The minimum atomic E-state index is -3.54. The molecule has 0 aliphatic carbocycles. The molecule has 1 heterocycles. The molecule has 0 fully saturated rings. The number of carbonyl (C=O) groups excluding carboxylic acids is 1. The average molecular weight is 564 g/mol. The summed E-state index contributed by atoms with van der Waals surface area (Å²) in [5.41, 5.74) is 2.43. The summed E-state index contributed by atoms with van der Waals surface area (Å²) < 4.78 is 33.3. The second kappa shape index (κ2) is 13.9. The van der Waals surface area contributed by atoms with E-state index in [2.05, 4.69) is 36.9 Å². The van der Waals surface area contributed by atoms with Gasteiger partial charge in [0.2, 0.25) is 0 Å². The molecule has 2 aromatic rings. The van der Waals surface area contributed by atoms with Crippen molar-refractivity contribution in [2.75, 3.05) is 35.8 Å². The molecule has 1 aliphatic heterocycles. The summed E-state index contributed by atoms with van der Waals surface area (Å²) >= 11 is 3.08. The first-order valence-corrected chi connectivity index (χ1v) is 17.3. The fourth-order valence-corrected chi connectivity index (χ4v) is 8.79. The van der Waals surface area contributed by atoms with Gasteiger partial charge in [0.1, 0.15) is 0 Å². The predicted molar refractivity (Wildman–Crippen MR) is 158 cm³/mol. The van der Waals surface area contributed by atoms with Crippen molar-refractivity contribution in [3.05, 3.63) is 48.0 Å². The molecule has 5 nitrogen and oxygen atoms in total. The molecule has 8 heteroatoms. The Morgan fingerprint density at radius 3 is 2.32 bits per heavy atom. The Morgan fingerprint density at radius 1 is 1.05 bits per heavy atom. The second-order valence-electron chi connectivity index (χ2n) is 9.82. The molecule has 37 heavy (non-hydrogen) atoms. The van der Waals surface area contributed by atoms with Crippen LogP contribution >= 0.6 is 23.5 Å². The zero-order chi connectivity index (χ0) is 26.9. The van der Waals surface area contributed by atoms with Crippen LogP contribution in [0.25, 0.3) is 0 Å². The number of thioether (sulfide) groups is 2. The van der Waals surface area contributed by atoms with Crippen LogP contribution in [0.4, 0.5) is 11.4 Å². The van der Waals surface area contributed by atoms with E-state index < -0.39 is 9.84 Å². The van der Waals surface area contributed by atoms with Gasteiger partial charge in [-0.3, -0.25) is 4.79 Å². The fraction of sp³-hybridized carbons (Fsp3) is 0.552. The molecule has 0 spiro atoms. The molecule has 3 rings (SSSR count). The van der Waals surface area contributed by atoms with Crippen LogP contribution in [0.15, 0.2) is 52.3 Å². The van der Waals surface area contributed by atoms with Crippen molar-refractivity contribution < 1.29 is 17.9 Å². The summed E-state index contributed by atoms with van der Waals surface area (Å²) in [4.78, 5) is 15.6. The van der Waals surface area contributed by atoms with Crippen molar-refractivity contribution in [2.45, 2.75) is 74.8 Å². The van der Waals surface area contributed by atoms with Gasteiger partial charge in [0.25, 0.3) is 0 Å². The average Bonchev–Trinajstić information content (AvgIpc) is 2.98. The number of benzene rings is 2. The van der Waals surface area contributed by atoms with Crippen LogP contribution < -0.4 is 4.90 Å². The van der Waals surface area contributed by atoms with Crippen LogP contribution in [-0.4, -0.2) is 45.3 Å². The highest BCUT2D eigenvalue weighted by atomic mass is 32.2. The number of hydrogen-bond donors (Lipinski definition) is 0. The van der Waals surface area contributed by atoms with Gasteiger partial charge < -0.3 is 9.64 Å². The number of ether oxygens (including phenoxy) is 1. The number of anilines is 2. The first-order chi connectivity index (χ1) is 17.8. The van der Waals surface area contributed by atoms with Crippen molar-refractivity contribution in [1.82, 2.24) is 0 Å². The topological polar surface area (TPSA) is 63.7 Å². The van der Waals surface area contributed by atoms with Crippen LogP contribution in [0.3, 0.4) is 0 Å². The summed E-state index contributed by atoms with van der Waals surface area (Å²) in [7, 11) is -3.54. The van der Waals surface area contributed by atoms with E-state index in [-0.39, 0.29) is 22.9 Å². The summed E-state index contributed by atoms with van der Waals surface area (Å²) in [6, 6.07) is 14.1. The molecule has 0 atom stereocenters. The predicted octanol–water partition coefficient (Wildman–Crippen LogP) is 7.50. The maximum Gasteiger partial charge on any atom is 0.315 e. The summed E-state index contributed by atoms with van der Waals surface area (Å²) in [6.45, 7) is 7.19. The van der Waals surface area contributed by atoms with Crippen molar-refractivity contribution in [3.63, 3.8) is 0 Å². The Balaban J connectivity index is 2.12. The molecular formula is C29H41NO4S3. The SMILES string of the molecule is CCCCC1(CCCC)CN(c2ccccc2)c2cc(SC)c(CSCC(=O)OCC)cc2S(=O)(=O)C1. The van der Waals surface area contributed by atoms with E-state index in [9.17, 15) is 13.2 Å². The molecule has 0 aromatic heterocycles. The number of sulfone groups is 1. The summed E-state index contributed by atoms with van der Waals surface area (Å²) in [5.74, 6) is 0.732. The third-order valence-corrected chi connectivity index (χ3v) is 10.7. The van der Waals surface area contributed by atoms with E-state index in [1.165, 1.54) is 11.8 Å². The number of fused-ring (bicyclic) bond motifs is 1. The zero-order valence-electron chi connectivity index (χ0n) is 22.6. The first kappa shape index (κ1) is 29.9. The minimum Gasteiger partial charge on any atom is -0.465 e. The fourth-order valence-electron chi connectivity index (χ4n) is 5.12. The van der Waals surface area contributed by atoms with Gasteiger partial charge in [0.05, 0.1) is 28.7 Å². The molecule has 0 amide bonds. The second-order valence-corrected chi connectivity index (χ2v) is 13.6. The summed E-state index contributed by atoms with van der Waals surface area (Å²) in [6.07, 6.45) is 7.95. The van der Waals surface area contributed by atoms with Crippen molar-refractivity contribution in [1.29, 1.82) is 0 Å². The van der Waals surface area contributed by atoms with Gasteiger partial charge in [0, 0.05) is 28.3 Å². The van der Waals surface area contributed by atoms with E-state index >= 15 is 0 Å². The molecule has 0 saturated carbocycles. The number of carbonyl (C=O) groups is 1. The maximum atomic E-state index is 14.1. The number of hydrogen-bond acceptors (Lipinski definition) is 7. The van der Waals surface area contributed by atoms with Gasteiger partial charge in [0.15, 0.2) is 9.84 Å². The molecule has 2 aromatic carbocycles. The zero-order valence-corrected chi connectivity index (χ0v) is 25.1. The Labute approximate surface area is 232 Å². The molecule has 0 N–H and O–H groups in total. The third-order valence-electron chi connectivity index (χ3n) is 6.95. The molecule has 0 saturated heterocycles. The summed E-state index contributed by atoms with van der Waals surface area (Å²) in [5, 5.41) is 0. The number of nitrogens with zero attached hydrogens (tertiary/aromatic N) is 1. The van der Waals surface area contributed by atoms with E-state index in [4.69, 9.17) is 4.74 Å². The maximum absolute atomic E-state index is 14.1. The first-order valence-electron chi connectivity index (χ1n) is 13.3. The van der Waals surface area contributed by atoms with E-state index in [0.29, 0.717) is 23.8 Å². The lowest BCUT2D eigenvalue weighted by molar-refractivity contribution is -0.139. The Morgan fingerprint density at radius 2 is 1.73 bits per heavy atom. The Hall–Kier alpha value is -1.64. The van der Waals surface area contributed by atoms with Crippen LogP contribution in [0, 0.1) is 5.41 Å². The van der Waals surface area contributed by atoms with E-state index in [0.717, 1.165) is 60.4 Å². The van der Waals surface area contributed by atoms with Crippen molar-refractivity contribution >= 4 is 50.7 Å². The van der Waals surface area contributed by atoms with E-state index in [1.54, 1.807) is 18.7 Å². The van der Waals surface area contributed by atoms with Gasteiger partial charge in [-0.05, 0) is 55.9 Å². The minimum absolute atomic E-state index is 0.171. The van der Waals surface area contributed by atoms with Crippen LogP contribution in [0.5, 0.6) is 0 Å². The molecular weight excluding hydrogens is 523 g/mol.